The van der Waals surface area contributed by atoms with E-state index in [0.717, 1.165) is 20.8 Å². The van der Waals surface area contributed by atoms with E-state index in [4.69, 9.17) is 5.73 Å². The second-order valence-electron chi connectivity index (χ2n) is 3.70. The van der Waals surface area contributed by atoms with E-state index in [-0.39, 0.29) is 0 Å². The summed E-state index contributed by atoms with van der Waals surface area (Å²) in [6.45, 7) is 0. The maximum Gasteiger partial charge on any atom is 0.119 e. The lowest BCUT2D eigenvalue weighted by Crippen LogP contribution is -1.90. The van der Waals surface area contributed by atoms with Crippen molar-refractivity contribution in [3.8, 4) is 0 Å². The predicted octanol–water partition coefficient (Wildman–Crippen LogP) is 2.76. The third kappa shape index (κ3) is 2.00. The maximum absolute atomic E-state index is 5.92. The van der Waals surface area contributed by atoms with Crippen LogP contribution in [-0.4, -0.2) is 15.0 Å². The van der Waals surface area contributed by atoms with E-state index >= 15 is 0 Å². The van der Waals surface area contributed by atoms with Crippen LogP contribution in [0.25, 0.3) is 10.9 Å². The number of nitrogens with zero attached hydrogens (tertiary/aromatic N) is 3. The normalized spacial score (nSPS) is 10.7. The van der Waals surface area contributed by atoms with Crippen molar-refractivity contribution in [2.24, 2.45) is 0 Å². The Morgan fingerprint density at radius 1 is 1.00 bits per heavy atom. The molecule has 2 N–H and O–H groups in total. The zero-order valence-electron chi connectivity index (χ0n) is 9.45. The van der Waals surface area contributed by atoms with Gasteiger partial charge in [0, 0.05) is 28.9 Å². The number of hydrogen-bond acceptors (Lipinski definition) is 5. The molecule has 0 amide bonds. The molecular formula is C13H10N4S. The molecule has 0 aliphatic carbocycles. The first-order chi connectivity index (χ1) is 8.84. The predicted molar refractivity (Wildman–Crippen MR) is 72.3 cm³/mol. The molecule has 0 radical (unpaired) electrons. The van der Waals surface area contributed by atoms with Gasteiger partial charge in [-0.25, -0.2) is 4.98 Å². The zero-order chi connectivity index (χ0) is 12.4. The number of para-hydroxylation sites is 1. The number of benzene rings is 1. The third-order valence-corrected chi connectivity index (χ3v) is 3.51. The Balaban J connectivity index is 2.10. The van der Waals surface area contributed by atoms with Gasteiger partial charge in [0.15, 0.2) is 0 Å². The Bertz CT molecular complexity index is 685. The minimum Gasteiger partial charge on any atom is -0.397 e. The van der Waals surface area contributed by atoms with Crippen LogP contribution in [-0.2, 0) is 0 Å². The molecule has 0 saturated carbocycles. The summed E-state index contributed by atoms with van der Waals surface area (Å²) in [5.74, 6) is 0. The lowest BCUT2D eigenvalue weighted by Gasteiger charge is -2.06. The summed E-state index contributed by atoms with van der Waals surface area (Å²) in [6, 6.07) is 7.75. The number of aromatic nitrogens is 3. The van der Waals surface area contributed by atoms with E-state index < -0.39 is 0 Å². The van der Waals surface area contributed by atoms with E-state index in [1.807, 2.05) is 24.3 Å². The maximum atomic E-state index is 5.92. The van der Waals surface area contributed by atoms with Crippen LogP contribution >= 0.6 is 11.8 Å². The van der Waals surface area contributed by atoms with Crippen molar-refractivity contribution < 1.29 is 0 Å². The number of nitrogens with two attached hydrogens (primary N) is 1. The van der Waals surface area contributed by atoms with Gasteiger partial charge in [-0.1, -0.05) is 23.9 Å². The molecule has 0 unspecified atom stereocenters. The van der Waals surface area contributed by atoms with Gasteiger partial charge in [-0.3, -0.25) is 9.97 Å². The Kier molecular flexibility index (Phi) is 2.82. The first-order valence-electron chi connectivity index (χ1n) is 5.41. The van der Waals surface area contributed by atoms with Crippen molar-refractivity contribution >= 4 is 28.4 Å². The van der Waals surface area contributed by atoms with Crippen molar-refractivity contribution in [3.63, 3.8) is 0 Å². The molecule has 2 aromatic heterocycles. The lowest BCUT2D eigenvalue weighted by molar-refractivity contribution is 1.06. The van der Waals surface area contributed by atoms with E-state index in [2.05, 4.69) is 15.0 Å². The van der Waals surface area contributed by atoms with Crippen LogP contribution in [0.15, 0.2) is 59.0 Å². The molecule has 2 heterocycles. The van der Waals surface area contributed by atoms with Crippen LogP contribution in [0.4, 0.5) is 5.69 Å². The van der Waals surface area contributed by atoms with Crippen molar-refractivity contribution in [2.75, 3.05) is 5.73 Å². The van der Waals surface area contributed by atoms with Gasteiger partial charge in [0.1, 0.15) is 5.03 Å². The molecule has 3 aromatic rings. The van der Waals surface area contributed by atoms with Crippen LogP contribution in [0.1, 0.15) is 0 Å². The molecule has 18 heavy (non-hydrogen) atoms. The smallest absolute Gasteiger partial charge is 0.119 e. The fourth-order valence-electron chi connectivity index (χ4n) is 1.71. The molecule has 0 spiro atoms. The van der Waals surface area contributed by atoms with Crippen molar-refractivity contribution in [3.05, 3.63) is 49.1 Å². The number of hydrogen-bond donors (Lipinski definition) is 1. The standard InChI is InChI=1S/C13H10N4S/c14-10-3-1-2-9-11(4-5-17-13(9)10)18-12-8-15-6-7-16-12/h1-8H,14H2. The molecule has 0 saturated heterocycles. The lowest BCUT2D eigenvalue weighted by atomic mass is 10.2. The largest absolute Gasteiger partial charge is 0.397 e. The highest BCUT2D eigenvalue weighted by Crippen LogP contribution is 2.32. The fourth-order valence-corrected chi connectivity index (χ4v) is 2.57. The number of fused-ring (bicyclic) bond motifs is 1. The van der Waals surface area contributed by atoms with E-state index in [1.165, 1.54) is 0 Å². The summed E-state index contributed by atoms with van der Waals surface area (Å²) in [5.41, 5.74) is 7.43. The Labute approximate surface area is 108 Å². The average molecular weight is 254 g/mol. The second kappa shape index (κ2) is 4.62. The molecule has 5 heteroatoms. The van der Waals surface area contributed by atoms with Gasteiger partial charge in [0.2, 0.25) is 0 Å². The number of nitrogen functional groups attached to an aromatic ring is 1. The second-order valence-corrected chi connectivity index (χ2v) is 4.76. The van der Waals surface area contributed by atoms with Crippen LogP contribution in [0.2, 0.25) is 0 Å². The minimum absolute atomic E-state index is 0.689. The summed E-state index contributed by atoms with van der Waals surface area (Å²) in [7, 11) is 0. The van der Waals surface area contributed by atoms with Gasteiger partial charge < -0.3 is 5.73 Å². The van der Waals surface area contributed by atoms with Crippen LogP contribution in [0, 0.1) is 0 Å². The van der Waals surface area contributed by atoms with Gasteiger partial charge >= 0.3 is 0 Å². The monoisotopic (exact) mass is 254 g/mol. The van der Waals surface area contributed by atoms with E-state index in [0.29, 0.717) is 5.69 Å². The van der Waals surface area contributed by atoms with Gasteiger partial charge in [0.25, 0.3) is 0 Å². The number of anilines is 1. The number of pyridine rings is 1. The van der Waals surface area contributed by atoms with Gasteiger partial charge in [0.05, 0.1) is 17.4 Å². The Morgan fingerprint density at radius 3 is 2.78 bits per heavy atom. The molecule has 88 valence electrons. The van der Waals surface area contributed by atoms with Gasteiger partial charge in [-0.2, -0.15) is 0 Å². The Morgan fingerprint density at radius 2 is 1.94 bits per heavy atom. The third-order valence-electron chi connectivity index (χ3n) is 2.52. The van der Waals surface area contributed by atoms with E-state index in [9.17, 15) is 0 Å². The summed E-state index contributed by atoms with van der Waals surface area (Å²) in [4.78, 5) is 13.7. The van der Waals surface area contributed by atoms with Crippen LogP contribution < -0.4 is 5.73 Å². The number of rotatable bonds is 2. The first-order valence-corrected chi connectivity index (χ1v) is 6.23. The molecule has 0 aliphatic heterocycles. The highest BCUT2D eigenvalue weighted by Gasteiger charge is 2.06. The molecule has 0 bridgehead atoms. The summed E-state index contributed by atoms with van der Waals surface area (Å²) >= 11 is 1.56. The highest BCUT2D eigenvalue weighted by molar-refractivity contribution is 7.99. The molecule has 4 nitrogen and oxygen atoms in total. The summed E-state index contributed by atoms with van der Waals surface area (Å²) < 4.78 is 0. The molecule has 3 rings (SSSR count). The topological polar surface area (TPSA) is 64.7 Å². The molecule has 0 atom stereocenters. The van der Waals surface area contributed by atoms with Crippen molar-refractivity contribution in [2.45, 2.75) is 9.92 Å². The Hall–Kier alpha value is -2.14. The first kappa shape index (κ1) is 11.0. The zero-order valence-corrected chi connectivity index (χ0v) is 10.3. The molecule has 0 aliphatic rings. The molecular weight excluding hydrogens is 244 g/mol. The van der Waals surface area contributed by atoms with Gasteiger partial charge in [-0.05, 0) is 12.1 Å². The summed E-state index contributed by atoms with van der Waals surface area (Å²) in [6.07, 6.45) is 6.84. The fraction of sp³-hybridized carbons (Fsp3) is 0. The van der Waals surface area contributed by atoms with Crippen molar-refractivity contribution in [1.29, 1.82) is 0 Å². The van der Waals surface area contributed by atoms with Gasteiger partial charge in [-0.15, -0.1) is 0 Å². The minimum atomic E-state index is 0.689. The van der Waals surface area contributed by atoms with Crippen LogP contribution in [0.5, 0.6) is 0 Å². The average Bonchev–Trinajstić information content (AvgIpc) is 2.41. The highest BCUT2D eigenvalue weighted by atomic mass is 32.2. The summed E-state index contributed by atoms with van der Waals surface area (Å²) in [5, 5.41) is 1.89. The van der Waals surface area contributed by atoms with Crippen LogP contribution in [0.3, 0.4) is 0 Å². The quantitative estimate of drug-likeness (QED) is 0.712. The SMILES string of the molecule is Nc1cccc2c(Sc3cnccn3)ccnc12. The molecule has 0 fully saturated rings. The van der Waals surface area contributed by atoms with Crippen molar-refractivity contribution in [1.82, 2.24) is 15.0 Å². The molecule has 1 aromatic carbocycles. The van der Waals surface area contributed by atoms with E-state index in [1.54, 1.807) is 36.5 Å².